The first kappa shape index (κ1) is 22.3. The summed E-state index contributed by atoms with van der Waals surface area (Å²) in [6.07, 6.45) is 0. The predicted octanol–water partition coefficient (Wildman–Crippen LogP) is 0.969. The standard InChI is InChI=1S/C28H26I2O/c1-19-13-20(2)16-25(15-19)29-23-5-9-27(10-6-23)31-28-11-7-24(8-12-28)30-26-17-21(3)14-22(4)18-26/h5-18H,1-4H3/q-2. The van der Waals surface area contributed by atoms with Crippen molar-refractivity contribution >= 4 is 0 Å². The van der Waals surface area contributed by atoms with Crippen LogP contribution in [0.2, 0.25) is 0 Å². The van der Waals surface area contributed by atoms with E-state index in [2.05, 4.69) is 113 Å². The van der Waals surface area contributed by atoms with Crippen LogP contribution in [0.3, 0.4) is 0 Å². The average Bonchev–Trinajstić information content (AvgIpc) is 2.69. The van der Waals surface area contributed by atoms with Crippen LogP contribution < -0.4 is 47.1 Å². The van der Waals surface area contributed by atoms with Gasteiger partial charge in [0.2, 0.25) is 0 Å². The van der Waals surface area contributed by atoms with E-state index in [4.69, 9.17) is 4.74 Å². The molecule has 0 heterocycles. The Balaban J connectivity index is 1.38. The molecule has 0 fully saturated rings. The van der Waals surface area contributed by atoms with E-state index < -0.39 is 0 Å². The molecule has 4 rings (SSSR count). The molecule has 0 saturated heterocycles. The monoisotopic (exact) mass is 632 g/mol. The van der Waals surface area contributed by atoms with Gasteiger partial charge in [0.15, 0.2) is 0 Å². The number of benzene rings is 4. The van der Waals surface area contributed by atoms with E-state index in [0.29, 0.717) is 0 Å². The molecule has 0 atom stereocenters. The molecular formula is C28H26I2O-2. The number of rotatable bonds is 6. The van der Waals surface area contributed by atoms with Gasteiger partial charge >= 0.3 is 208 Å². The fourth-order valence-electron chi connectivity index (χ4n) is 3.47. The molecule has 3 heteroatoms. The number of halogens is 2. The van der Waals surface area contributed by atoms with E-state index in [-0.39, 0.29) is 42.4 Å². The average molecular weight is 632 g/mol. The Morgan fingerprint density at radius 3 is 1.06 bits per heavy atom. The summed E-state index contributed by atoms with van der Waals surface area (Å²) < 4.78 is 11.8. The van der Waals surface area contributed by atoms with Crippen molar-refractivity contribution < 1.29 is 47.1 Å². The zero-order valence-electron chi connectivity index (χ0n) is 18.2. The van der Waals surface area contributed by atoms with Gasteiger partial charge in [-0.15, -0.1) is 0 Å². The van der Waals surface area contributed by atoms with Gasteiger partial charge in [0.05, 0.1) is 0 Å². The van der Waals surface area contributed by atoms with Crippen molar-refractivity contribution in [1.29, 1.82) is 0 Å². The summed E-state index contributed by atoms with van der Waals surface area (Å²) in [7, 11) is 0. The van der Waals surface area contributed by atoms with Crippen LogP contribution >= 0.6 is 0 Å². The molecule has 31 heavy (non-hydrogen) atoms. The van der Waals surface area contributed by atoms with Crippen molar-refractivity contribution in [2.24, 2.45) is 0 Å². The van der Waals surface area contributed by atoms with E-state index in [1.54, 1.807) is 0 Å². The van der Waals surface area contributed by atoms with Crippen molar-refractivity contribution in [3.63, 3.8) is 0 Å². The maximum atomic E-state index is 6.09. The number of ether oxygens (including phenoxy) is 1. The predicted molar refractivity (Wildman–Crippen MR) is 120 cm³/mol. The molecular weight excluding hydrogens is 606 g/mol. The maximum absolute atomic E-state index is 6.09. The molecule has 160 valence electrons. The first-order valence-electron chi connectivity index (χ1n) is 10.3. The third-order valence-corrected chi connectivity index (χ3v) is 9.85. The fraction of sp³-hybridized carbons (Fsp3) is 0.143. The van der Waals surface area contributed by atoms with E-state index in [9.17, 15) is 0 Å². The summed E-state index contributed by atoms with van der Waals surface area (Å²) in [5, 5.41) is 0. The van der Waals surface area contributed by atoms with E-state index in [0.717, 1.165) is 11.5 Å². The summed E-state index contributed by atoms with van der Waals surface area (Å²) in [5.74, 6) is 1.79. The normalized spacial score (nSPS) is 11.1. The van der Waals surface area contributed by atoms with E-state index in [1.807, 2.05) is 0 Å². The first-order valence-corrected chi connectivity index (χ1v) is 14.6. The molecule has 0 aliphatic carbocycles. The molecule has 4 aromatic carbocycles. The van der Waals surface area contributed by atoms with Gasteiger partial charge in [0.1, 0.15) is 0 Å². The zero-order chi connectivity index (χ0) is 21.8. The molecule has 0 radical (unpaired) electrons. The molecule has 0 aromatic heterocycles. The van der Waals surface area contributed by atoms with E-state index in [1.165, 1.54) is 36.5 Å². The minimum atomic E-state index is -0.164. The molecule has 0 spiro atoms. The van der Waals surface area contributed by atoms with Crippen molar-refractivity contribution in [2.75, 3.05) is 0 Å². The third-order valence-electron chi connectivity index (χ3n) is 4.67. The van der Waals surface area contributed by atoms with Gasteiger partial charge in [-0.3, -0.25) is 0 Å². The summed E-state index contributed by atoms with van der Waals surface area (Å²) in [4.78, 5) is 0. The Bertz CT molecular complexity index is 1040. The van der Waals surface area contributed by atoms with Crippen LogP contribution in [-0.2, 0) is 0 Å². The van der Waals surface area contributed by atoms with Crippen molar-refractivity contribution in [1.82, 2.24) is 0 Å². The minimum absolute atomic E-state index is 0.164. The van der Waals surface area contributed by atoms with Crippen molar-refractivity contribution in [3.05, 3.63) is 121 Å². The topological polar surface area (TPSA) is 9.23 Å². The molecule has 1 nitrogen and oxygen atoms in total. The Morgan fingerprint density at radius 2 is 0.742 bits per heavy atom. The Morgan fingerprint density at radius 1 is 0.419 bits per heavy atom. The second-order valence-corrected chi connectivity index (χ2v) is 13.9. The Kier molecular flexibility index (Phi) is 7.33. The van der Waals surface area contributed by atoms with Crippen molar-refractivity contribution in [2.45, 2.75) is 27.7 Å². The molecule has 0 unspecified atom stereocenters. The van der Waals surface area contributed by atoms with Gasteiger partial charge in [-0.1, -0.05) is 0 Å². The first-order chi connectivity index (χ1) is 14.9. The van der Waals surface area contributed by atoms with Crippen molar-refractivity contribution in [3.8, 4) is 11.5 Å². The van der Waals surface area contributed by atoms with Gasteiger partial charge in [0, 0.05) is 0 Å². The Hall–Kier alpha value is -1.86. The number of hydrogen-bond acceptors (Lipinski definition) is 1. The van der Waals surface area contributed by atoms with Gasteiger partial charge < -0.3 is 0 Å². The Labute approximate surface area is 206 Å². The van der Waals surface area contributed by atoms with Gasteiger partial charge in [-0.25, -0.2) is 0 Å². The summed E-state index contributed by atoms with van der Waals surface area (Å²) in [6, 6.07) is 30.9. The summed E-state index contributed by atoms with van der Waals surface area (Å²) >= 11 is -0.329. The number of aryl methyl sites for hydroxylation is 4. The second kappa shape index (κ2) is 10.2. The molecule has 4 aromatic rings. The molecule has 0 aliphatic heterocycles. The molecule has 0 saturated carbocycles. The van der Waals surface area contributed by atoms with Gasteiger partial charge in [-0.2, -0.15) is 0 Å². The SMILES string of the molecule is Cc1cc(C)cc([I-]c2ccc(Oc3ccc([I-]c4cc(C)cc(C)c4)cc3)cc2)c1. The summed E-state index contributed by atoms with van der Waals surface area (Å²) in [5.41, 5.74) is 5.38. The third kappa shape index (κ3) is 6.56. The van der Waals surface area contributed by atoms with Crippen LogP contribution in [0.5, 0.6) is 11.5 Å². The van der Waals surface area contributed by atoms with Crippen LogP contribution in [0.15, 0.2) is 84.9 Å². The number of hydrogen-bond donors (Lipinski definition) is 0. The fourth-order valence-corrected chi connectivity index (χ4v) is 8.93. The van der Waals surface area contributed by atoms with Crippen LogP contribution in [0.25, 0.3) is 0 Å². The van der Waals surface area contributed by atoms with Gasteiger partial charge in [0.25, 0.3) is 0 Å². The van der Waals surface area contributed by atoms with Gasteiger partial charge in [-0.05, 0) is 0 Å². The zero-order valence-corrected chi connectivity index (χ0v) is 22.6. The van der Waals surface area contributed by atoms with Crippen LogP contribution in [0, 0.1) is 42.0 Å². The molecule has 0 bridgehead atoms. The van der Waals surface area contributed by atoms with Crippen LogP contribution in [0.1, 0.15) is 22.3 Å². The second-order valence-electron chi connectivity index (χ2n) is 7.81. The van der Waals surface area contributed by atoms with Crippen LogP contribution in [-0.4, -0.2) is 0 Å². The van der Waals surface area contributed by atoms with E-state index >= 15 is 0 Å². The molecule has 0 amide bonds. The molecule has 0 aliphatic rings. The van der Waals surface area contributed by atoms with Crippen LogP contribution in [0.4, 0.5) is 0 Å². The quantitative estimate of drug-likeness (QED) is 0.289. The molecule has 0 N–H and O–H groups in total. The summed E-state index contributed by atoms with van der Waals surface area (Å²) in [6.45, 7) is 8.69.